The van der Waals surface area contributed by atoms with Gasteiger partial charge in [-0.25, -0.2) is 4.98 Å². The van der Waals surface area contributed by atoms with E-state index in [2.05, 4.69) is 15.2 Å². The standard InChI is InChI=1S/C14H11ClN4O2/c1-6-17-18-14-13(15)16-9-4-7-8(5-10(9)19(6)14)12(21)3-2-11(7)20/h4-5,20-21H,2-3H2,1H3. The van der Waals surface area contributed by atoms with Gasteiger partial charge in [0, 0.05) is 23.3 Å². The molecule has 0 atom stereocenters. The van der Waals surface area contributed by atoms with Gasteiger partial charge in [0.2, 0.25) is 0 Å². The van der Waals surface area contributed by atoms with Crippen LogP contribution in [0.2, 0.25) is 5.15 Å². The molecule has 1 aromatic carbocycles. The smallest absolute Gasteiger partial charge is 0.199 e. The molecule has 1 aliphatic carbocycles. The summed E-state index contributed by atoms with van der Waals surface area (Å²) < 4.78 is 1.80. The highest BCUT2D eigenvalue weighted by molar-refractivity contribution is 6.32. The summed E-state index contributed by atoms with van der Waals surface area (Å²) in [6.45, 7) is 1.82. The van der Waals surface area contributed by atoms with Gasteiger partial charge in [0.05, 0.1) is 11.0 Å². The Bertz CT molecular complexity index is 1040. The minimum atomic E-state index is 0.253. The molecule has 0 bridgehead atoms. The second-order valence-corrected chi connectivity index (χ2v) is 5.45. The lowest BCUT2D eigenvalue weighted by molar-refractivity contribution is 0.441. The van der Waals surface area contributed by atoms with Gasteiger partial charge in [-0.1, -0.05) is 11.6 Å². The van der Waals surface area contributed by atoms with E-state index in [1.807, 2.05) is 6.92 Å². The fraction of sp³-hybridized carbons (Fsp3) is 0.214. The molecule has 0 saturated carbocycles. The molecular formula is C14H11ClN4O2. The minimum absolute atomic E-state index is 0.253. The molecule has 6 nitrogen and oxygen atoms in total. The van der Waals surface area contributed by atoms with E-state index in [9.17, 15) is 10.2 Å². The number of aromatic nitrogens is 4. The monoisotopic (exact) mass is 302 g/mol. The number of halogens is 1. The lowest BCUT2D eigenvalue weighted by Crippen LogP contribution is -2.32. The lowest BCUT2D eigenvalue weighted by Gasteiger charge is -2.11. The number of hydrogen-bond acceptors (Lipinski definition) is 5. The fourth-order valence-corrected chi connectivity index (χ4v) is 2.98. The van der Waals surface area contributed by atoms with Gasteiger partial charge in [-0.2, -0.15) is 0 Å². The van der Waals surface area contributed by atoms with Crippen LogP contribution in [-0.2, 0) is 0 Å². The first kappa shape index (κ1) is 12.4. The summed E-state index contributed by atoms with van der Waals surface area (Å²) in [5.74, 6) is 1.20. The van der Waals surface area contributed by atoms with Gasteiger partial charge in [-0.15, -0.1) is 10.2 Å². The van der Waals surface area contributed by atoms with Crippen LogP contribution in [0.15, 0.2) is 12.1 Å². The molecule has 0 amide bonds. The molecule has 0 fully saturated rings. The Morgan fingerprint density at radius 1 is 1.10 bits per heavy atom. The highest BCUT2D eigenvalue weighted by Gasteiger charge is 2.15. The van der Waals surface area contributed by atoms with E-state index < -0.39 is 0 Å². The van der Waals surface area contributed by atoms with Crippen LogP contribution in [-0.4, -0.2) is 29.8 Å². The average Bonchev–Trinajstić information content (AvgIpc) is 2.85. The second-order valence-electron chi connectivity index (χ2n) is 5.09. The zero-order valence-corrected chi connectivity index (χ0v) is 11.9. The van der Waals surface area contributed by atoms with Crippen molar-refractivity contribution in [2.75, 3.05) is 0 Å². The van der Waals surface area contributed by atoms with Crippen molar-refractivity contribution in [2.24, 2.45) is 0 Å². The maximum Gasteiger partial charge on any atom is 0.199 e. The topological polar surface area (TPSA) is 83.5 Å². The van der Waals surface area contributed by atoms with Crippen molar-refractivity contribution in [3.8, 4) is 0 Å². The molecule has 21 heavy (non-hydrogen) atoms. The molecule has 2 heterocycles. The van der Waals surface area contributed by atoms with Gasteiger partial charge < -0.3 is 10.2 Å². The Morgan fingerprint density at radius 3 is 2.48 bits per heavy atom. The third-order valence-corrected chi connectivity index (χ3v) is 4.06. The van der Waals surface area contributed by atoms with Crippen molar-refractivity contribution in [1.82, 2.24) is 19.6 Å². The summed E-state index contributed by atoms with van der Waals surface area (Å²) in [5, 5.41) is 29.6. The van der Waals surface area contributed by atoms with Gasteiger partial charge in [0.25, 0.3) is 0 Å². The fourth-order valence-electron chi connectivity index (χ4n) is 2.77. The molecule has 7 heteroatoms. The van der Waals surface area contributed by atoms with Crippen LogP contribution < -0.4 is 10.4 Å². The van der Waals surface area contributed by atoms with E-state index in [4.69, 9.17) is 11.6 Å². The third kappa shape index (κ3) is 1.62. The molecule has 4 rings (SSSR count). The summed E-state index contributed by atoms with van der Waals surface area (Å²) in [5.41, 5.74) is 1.84. The van der Waals surface area contributed by atoms with E-state index >= 15 is 0 Å². The molecule has 1 aliphatic rings. The number of benzene rings is 1. The van der Waals surface area contributed by atoms with E-state index in [1.54, 1.807) is 16.5 Å². The van der Waals surface area contributed by atoms with Gasteiger partial charge >= 0.3 is 0 Å². The average molecular weight is 303 g/mol. The van der Waals surface area contributed by atoms with Crippen LogP contribution in [0.4, 0.5) is 0 Å². The normalized spacial score (nSPS) is 15.0. The Balaban J connectivity index is 2.33. The Labute approximate surface area is 123 Å². The Kier molecular flexibility index (Phi) is 2.41. The SMILES string of the molecule is Cc1nnc2c(Cl)nc3cc4c(cc3n12)=C(O)CCC=4O. The zero-order chi connectivity index (χ0) is 14.7. The maximum atomic E-state index is 10.1. The predicted molar refractivity (Wildman–Crippen MR) is 78.6 cm³/mol. The number of hydrogen-bond donors (Lipinski definition) is 2. The van der Waals surface area contributed by atoms with E-state index in [-0.39, 0.29) is 16.7 Å². The number of aliphatic hydroxyl groups excluding tert-OH is 2. The van der Waals surface area contributed by atoms with Crippen molar-refractivity contribution in [3.63, 3.8) is 0 Å². The van der Waals surface area contributed by atoms with Gasteiger partial charge in [-0.05, 0) is 19.1 Å². The van der Waals surface area contributed by atoms with Crippen LogP contribution in [0, 0.1) is 6.92 Å². The van der Waals surface area contributed by atoms with Crippen molar-refractivity contribution in [2.45, 2.75) is 19.8 Å². The molecule has 0 saturated heterocycles. The van der Waals surface area contributed by atoms with Crippen LogP contribution in [0.5, 0.6) is 0 Å². The number of aryl methyl sites for hydroxylation is 1. The van der Waals surface area contributed by atoms with Crippen molar-refractivity contribution in [3.05, 3.63) is 33.5 Å². The first-order valence-electron chi connectivity index (χ1n) is 6.51. The predicted octanol–water partition coefficient (Wildman–Crippen LogP) is 1.37. The first-order chi connectivity index (χ1) is 10.1. The van der Waals surface area contributed by atoms with Gasteiger partial charge in [-0.3, -0.25) is 4.40 Å². The van der Waals surface area contributed by atoms with Crippen LogP contribution >= 0.6 is 11.6 Å². The van der Waals surface area contributed by atoms with E-state index in [0.29, 0.717) is 40.3 Å². The number of aliphatic hydroxyl groups is 2. The number of rotatable bonds is 0. The lowest BCUT2D eigenvalue weighted by atomic mass is 10.0. The van der Waals surface area contributed by atoms with Gasteiger partial charge in [0.15, 0.2) is 10.8 Å². The summed E-state index contributed by atoms with van der Waals surface area (Å²) in [7, 11) is 0. The summed E-state index contributed by atoms with van der Waals surface area (Å²) in [6, 6.07) is 3.53. The zero-order valence-electron chi connectivity index (χ0n) is 11.1. The highest BCUT2D eigenvalue weighted by atomic mass is 35.5. The van der Waals surface area contributed by atoms with E-state index in [1.165, 1.54) is 0 Å². The van der Waals surface area contributed by atoms with Crippen molar-refractivity contribution in [1.29, 1.82) is 0 Å². The third-order valence-electron chi connectivity index (χ3n) is 3.80. The van der Waals surface area contributed by atoms with Crippen LogP contribution in [0.1, 0.15) is 18.7 Å². The first-order valence-corrected chi connectivity index (χ1v) is 6.89. The van der Waals surface area contributed by atoms with Crippen molar-refractivity contribution >= 4 is 39.8 Å². The Morgan fingerprint density at radius 2 is 1.76 bits per heavy atom. The van der Waals surface area contributed by atoms with Crippen LogP contribution in [0.3, 0.4) is 0 Å². The number of nitrogens with zero attached hydrogens (tertiary/aromatic N) is 4. The molecule has 2 aromatic heterocycles. The molecule has 106 valence electrons. The second kappa shape index (κ2) is 4.08. The Hall–Kier alpha value is -2.34. The minimum Gasteiger partial charge on any atom is -0.512 e. The molecule has 0 unspecified atom stereocenters. The maximum absolute atomic E-state index is 10.1. The van der Waals surface area contributed by atoms with Crippen LogP contribution in [0.25, 0.3) is 28.2 Å². The van der Waals surface area contributed by atoms with Crippen molar-refractivity contribution < 1.29 is 10.2 Å². The molecule has 3 aromatic rings. The summed E-state index contributed by atoms with van der Waals surface area (Å²) in [4.78, 5) is 4.31. The molecule has 0 aliphatic heterocycles. The largest absolute Gasteiger partial charge is 0.512 e. The summed E-state index contributed by atoms with van der Waals surface area (Å²) in [6.07, 6.45) is 0.849. The molecule has 2 N–H and O–H groups in total. The molecule has 0 radical (unpaired) electrons. The summed E-state index contributed by atoms with van der Waals surface area (Å²) >= 11 is 6.14. The quantitative estimate of drug-likeness (QED) is 0.655. The number of fused-ring (bicyclic) bond motifs is 4. The molecule has 0 spiro atoms. The molecular weight excluding hydrogens is 292 g/mol. The highest BCUT2D eigenvalue weighted by Crippen LogP contribution is 2.20. The van der Waals surface area contributed by atoms with E-state index in [0.717, 1.165) is 5.52 Å². The van der Waals surface area contributed by atoms with Gasteiger partial charge in [0.1, 0.15) is 17.3 Å².